The molecule has 0 N–H and O–H groups in total. The smallest absolute Gasteiger partial charge is 0.311 e. The van der Waals surface area contributed by atoms with Gasteiger partial charge in [0.1, 0.15) is 17.5 Å². The number of nitro groups is 1. The molecule has 0 amide bonds. The second kappa shape index (κ2) is 5.81. The maximum atomic E-state index is 12.6. The highest BCUT2D eigenvalue weighted by atomic mass is 19.3. The van der Waals surface area contributed by atoms with Gasteiger partial charge in [-0.1, -0.05) is 0 Å². The van der Waals surface area contributed by atoms with E-state index in [0.29, 0.717) is 6.07 Å². The van der Waals surface area contributed by atoms with Crippen molar-refractivity contribution >= 4 is 11.7 Å². The third-order valence-electron chi connectivity index (χ3n) is 2.19. The lowest BCUT2D eigenvalue weighted by Gasteiger charge is -2.06. The van der Waals surface area contributed by atoms with Gasteiger partial charge in [-0.3, -0.25) is 14.9 Å². The van der Waals surface area contributed by atoms with Crippen molar-refractivity contribution in [2.24, 2.45) is 0 Å². The van der Waals surface area contributed by atoms with Crippen LogP contribution in [0, 0.1) is 21.4 Å². The number of alkyl halides is 2. The van der Waals surface area contributed by atoms with Gasteiger partial charge in [0.2, 0.25) is 0 Å². The number of aromatic nitrogens is 1. The highest BCUT2D eigenvalue weighted by Crippen LogP contribution is 2.28. The van der Waals surface area contributed by atoms with E-state index in [4.69, 9.17) is 5.26 Å². The minimum absolute atomic E-state index is 0.391. The molecule has 0 atom stereocenters. The Kier molecular flexibility index (Phi) is 4.41. The molecule has 0 saturated carbocycles. The maximum Gasteiger partial charge on any atom is 0.311 e. The first-order valence-electron chi connectivity index (χ1n) is 4.84. The van der Waals surface area contributed by atoms with Gasteiger partial charge in [-0.2, -0.15) is 5.26 Å². The van der Waals surface area contributed by atoms with E-state index < -0.39 is 46.4 Å². The molecular weight excluding hydrogens is 264 g/mol. The number of halogens is 2. The minimum Gasteiger partial charge on any atom is -0.469 e. The molecule has 1 aromatic rings. The van der Waals surface area contributed by atoms with Crippen molar-refractivity contribution < 1.29 is 23.2 Å². The van der Waals surface area contributed by atoms with Crippen molar-refractivity contribution in [2.75, 3.05) is 7.11 Å². The van der Waals surface area contributed by atoms with Crippen LogP contribution < -0.4 is 0 Å². The average Bonchev–Trinajstić information content (AvgIpc) is 2.37. The van der Waals surface area contributed by atoms with Gasteiger partial charge in [-0.15, -0.1) is 0 Å². The van der Waals surface area contributed by atoms with Crippen molar-refractivity contribution in [1.82, 2.24) is 4.98 Å². The highest BCUT2D eigenvalue weighted by Gasteiger charge is 2.25. The molecule has 0 bridgehead atoms. The number of methoxy groups -OCH3 is 1. The molecule has 100 valence electrons. The largest absolute Gasteiger partial charge is 0.469 e. The van der Waals surface area contributed by atoms with Crippen LogP contribution >= 0.6 is 0 Å². The van der Waals surface area contributed by atoms with E-state index in [1.807, 2.05) is 0 Å². The van der Waals surface area contributed by atoms with Crippen LogP contribution in [0.2, 0.25) is 0 Å². The number of rotatable bonds is 4. The van der Waals surface area contributed by atoms with Crippen LogP contribution in [0.4, 0.5) is 14.5 Å². The lowest BCUT2D eigenvalue weighted by molar-refractivity contribution is -0.386. The van der Waals surface area contributed by atoms with Gasteiger partial charge in [0.25, 0.3) is 12.1 Å². The Balaban J connectivity index is 3.41. The van der Waals surface area contributed by atoms with Crippen LogP contribution in [0.15, 0.2) is 6.07 Å². The number of hydrogen-bond donors (Lipinski definition) is 0. The lowest BCUT2D eigenvalue weighted by Crippen LogP contribution is -2.11. The molecule has 0 unspecified atom stereocenters. The lowest BCUT2D eigenvalue weighted by atomic mass is 10.1. The van der Waals surface area contributed by atoms with Gasteiger partial charge in [0.15, 0.2) is 0 Å². The molecule has 9 heteroatoms. The van der Waals surface area contributed by atoms with Crippen molar-refractivity contribution in [3.05, 3.63) is 33.1 Å². The molecule has 0 fully saturated rings. The molecule has 0 aliphatic carbocycles. The third-order valence-corrected chi connectivity index (χ3v) is 2.19. The second-order valence-corrected chi connectivity index (χ2v) is 3.31. The Labute approximate surface area is 105 Å². The number of hydrogen-bond acceptors (Lipinski definition) is 6. The van der Waals surface area contributed by atoms with E-state index in [2.05, 4.69) is 9.72 Å². The number of ether oxygens (including phenoxy) is 1. The zero-order valence-corrected chi connectivity index (χ0v) is 9.59. The van der Waals surface area contributed by atoms with Crippen LogP contribution in [0.25, 0.3) is 0 Å². The van der Waals surface area contributed by atoms with E-state index in [1.54, 1.807) is 0 Å². The topological polar surface area (TPSA) is 106 Å². The monoisotopic (exact) mass is 271 g/mol. The maximum absolute atomic E-state index is 12.6. The Bertz CT molecular complexity index is 569. The fourth-order valence-corrected chi connectivity index (χ4v) is 1.31. The average molecular weight is 271 g/mol. The molecule has 1 rings (SSSR count). The first-order valence-corrected chi connectivity index (χ1v) is 4.84. The number of pyridine rings is 1. The quantitative estimate of drug-likeness (QED) is 0.466. The van der Waals surface area contributed by atoms with Crippen LogP contribution in [-0.2, 0) is 16.0 Å². The van der Waals surface area contributed by atoms with Crippen molar-refractivity contribution in [3.8, 4) is 6.07 Å². The Morgan fingerprint density at radius 1 is 1.68 bits per heavy atom. The molecule has 7 nitrogen and oxygen atoms in total. The van der Waals surface area contributed by atoms with E-state index in [1.165, 1.54) is 6.07 Å². The van der Waals surface area contributed by atoms with E-state index in [-0.39, 0.29) is 0 Å². The number of nitriles is 1. The summed E-state index contributed by atoms with van der Waals surface area (Å²) in [5, 5.41) is 19.4. The predicted molar refractivity (Wildman–Crippen MR) is 56.3 cm³/mol. The standard InChI is InChI=1S/C10H7F2N3O4/c1-19-9(16)3-6-8(15(17)18)2-5(10(11)12)7(4-13)14-6/h2,10H,3H2,1H3. The van der Waals surface area contributed by atoms with Gasteiger partial charge in [-0.25, -0.2) is 13.8 Å². The summed E-state index contributed by atoms with van der Waals surface area (Å²) in [6.45, 7) is 0. The molecule has 0 aliphatic rings. The molecule has 0 saturated heterocycles. The molecular formula is C10H7F2N3O4. The molecule has 1 heterocycles. The molecule has 0 aromatic carbocycles. The van der Waals surface area contributed by atoms with Crippen LogP contribution in [0.5, 0.6) is 0 Å². The van der Waals surface area contributed by atoms with Gasteiger partial charge >= 0.3 is 5.97 Å². The zero-order chi connectivity index (χ0) is 14.6. The Morgan fingerprint density at radius 2 is 2.32 bits per heavy atom. The molecule has 0 aliphatic heterocycles. The molecule has 0 spiro atoms. The van der Waals surface area contributed by atoms with Crippen molar-refractivity contribution in [3.63, 3.8) is 0 Å². The number of nitrogens with zero attached hydrogens (tertiary/aromatic N) is 3. The molecule has 1 aromatic heterocycles. The second-order valence-electron chi connectivity index (χ2n) is 3.31. The van der Waals surface area contributed by atoms with Crippen LogP contribution in [0.1, 0.15) is 23.4 Å². The van der Waals surface area contributed by atoms with Gasteiger partial charge < -0.3 is 4.74 Å². The summed E-state index contributed by atoms with van der Waals surface area (Å²) in [7, 11) is 1.06. The SMILES string of the molecule is COC(=O)Cc1nc(C#N)c(C(F)F)cc1[N+](=O)[O-]. The van der Waals surface area contributed by atoms with Crippen molar-refractivity contribution in [1.29, 1.82) is 5.26 Å². The van der Waals surface area contributed by atoms with Gasteiger partial charge in [0.05, 0.1) is 24.0 Å². The number of carbonyl (C=O) groups excluding carboxylic acids is 1. The number of carbonyl (C=O) groups is 1. The summed E-state index contributed by atoms with van der Waals surface area (Å²) in [4.78, 5) is 24.3. The number of esters is 1. The minimum atomic E-state index is -3.08. The third kappa shape index (κ3) is 3.19. The van der Waals surface area contributed by atoms with Crippen LogP contribution in [0.3, 0.4) is 0 Å². The summed E-state index contributed by atoms with van der Waals surface area (Å²) in [6.07, 6.45) is -3.65. The van der Waals surface area contributed by atoms with Crippen LogP contribution in [-0.4, -0.2) is 23.0 Å². The fourth-order valence-electron chi connectivity index (χ4n) is 1.31. The Morgan fingerprint density at radius 3 is 2.74 bits per heavy atom. The first-order chi connectivity index (χ1) is 8.90. The summed E-state index contributed by atoms with van der Waals surface area (Å²) in [6, 6.07) is 1.96. The van der Waals surface area contributed by atoms with E-state index >= 15 is 0 Å². The molecule has 19 heavy (non-hydrogen) atoms. The predicted octanol–water partition coefficient (Wildman–Crippen LogP) is 1.51. The summed E-state index contributed by atoms with van der Waals surface area (Å²) < 4.78 is 29.5. The normalized spacial score (nSPS) is 10.1. The molecule has 0 radical (unpaired) electrons. The van der Waals surface area contributed by atoms with E-state index in [9.17, 15) is 23.7 Å². The van der Waals surface area contributed by atoms with Gasteiger partial charge in [-0.05, 0) is 0 Å². The zero-order valence-electron chi connectivity index (χ0n) is 9.59. The van der Waals surface area contributed by atoms with Crippen molar-refractivity contribution in [2.45, 2.75) is 12.8 Å². The highest BCUT2D eigenvalue weighted by molar-refractivity contribution is 5.73. The summed E-state index contributed by atoms with van der Waals surface area (Å²) in [5.41, 5.74) is -2.64. The summed E-state index contributed by atoms with van der Waals surface area (Å²) >= 11 is 0. The summed E-state index contributed by atoms with van der Waals surface area (Å²) in [5.74, 6) is -0.829. The van der Waals surface area contributed by atoms with Gasteiger partial charge in [0, 0.05) is 6.07 Å². The fraction of sp³-hybridized carbons (Fsp3) is 0.300. The van der Waals surface area contributed by atoms with E-state index in [0.717, 1.165) is 7.11 Å². The Hall–Kier alpha value is -2.63. The first kappa shape index (κ1) is 14.4.